The quantitative estimate of drug-likeness (QED) is 0.836. The Labute approximate surface area is 120 Å². The van der Waals surface area contributed by atoms with Crippen LogP contribution in [0, 0.1) is 0 Å². The van der Waals surface area contributed by atoms with Crippen molar-refractivity contribution in [2.24, 2.45) is 5.73 Å². The first-order chi connectivity index (χ1) is 9.27. The standard InChI is InChI=1S/C16H25NOS/c17-13-7-10-15(18)16(11-5-2-6-12-16)19-14-8-3-1-4-9-14/h1,3-4,8-9,15,18H,2,5-7,10-13,17H2. The number of nitrogens with two attached hydrogens (primary N) is 1. The van der Waals surface area contributed by atoms with Gasteiger partial charge in [0.05, 0.1) is 6.10 Å². The van der Waals surface area contributed by atoms with E-state index >= 15 is 0 Å². The van der Waals surface area contributed by atoms with E-state index in [2.05, 4.69) is 24.3 Å². The molecule has 0 aromatic heterocycles. The summed E-state index contributed by atoms with van der Waals surface area (Å²) < 4.78 is 0.00870. The summed E-state index contributed by atoms with van der Waals surface area (Å²) in [6, 6.07) is 10.5. The van der Waals surface area contributed by atoms with E-state index in [1.807, 2.05) is 17.8 Å². The van der Waals surface area contributed by atoms with Gasteiger partial charge in [-0.3, -0.25) is 0 Å². The molecule has 1 atom stereocenters. The lowest BCUT2D eigenvalue weighted by Gasteiger charge is -2.40. The monoisotopic (exact) mass is 279 g/mol. The van der Waals surface area contributed by atoms with Gasteiger partial charge < -0.3 is 10.8 Å². The molecule has 0 spiro atoms. The van der Waals surface area contributed by atoms with Crippen molar-refractivity contribution in [3.05, 3.63) is 30.3 Å². The molecular weight excluding hydrogens is 254 g/mol. The van der Waals surface area contributed by atoms with Crippen molar-refractivity contribution in [3.63, 3.8) is 0 Å². The Bertz CT molecular complexity index is 362. The highest BCUT2D eigenvalue weighted by atomic mass is 32.2. The fraction of sp³-hybridized carbons (Fsp3) is 0.625. The highest BCUT2D eigenvalue weighted by molar-refractivity contribution is 8.00. The van der Waals surface area contributed by atoms with E-state index in [-0.39, 0.29) is 10.9 Å². The molecule has 2 rings (SSSR count). The minimum absolute atomic E-state index is 0.00870. The largest absolute Gasteiger partial charge is 0.392 e. The van der Waals surface area contributed by atoms with Gasteiger partial charge in [-0.2, -0.15) is 0 Å². The highest BCUT2D eigenvalue weighted by Gasteiger charge is 2.39. The zero-order chi connectivity index (χ0) is 13.6. The van der Waals surface area contributed by atoms with Gasteiger partial charge in [-0.05, 0) is 44.4 Å². The Morgan fingerprint density at radius 2 is 1.84 bits per heavy atom. The summed E-state index contributed by atoms with van der Waals surface area (Å²) in [6.07, 6.45) is 7.53. The Kier molecular flexibility index (Phi) is 5.74. The third-order valence-corrected chi connectivity index (χ3v) is 5.65. The molecule has 1 fully saturated rings. The Morgan fingerprint density at radius 1 is 1.16 bits per heavy atom. The van der Waals surface area contributed by atoms with Crippen molar-refractivity contribution >= 4 is 11.8 Å². The van der Waals surface area contributed by atoms with Gasteiger partial charge >= 0.3 is 0 Å². The molecule has 0 saturated heterocycles. The Balaban J connectivity index is 2.09. The van der Waals surface area contributed by atoms with Crippen molar-refractivity contribution in [1.29, 1.82) is 0 Å². The molecule has 19 heavy (non-hydrogen) atoms. The van der Waals surface area contributed by atoms with Gasteiger partial charge in [0.15, 0.2) is 0 Å². The maximum absolute atomic E-state index is 10.6. The molecule has 1 unspecified atom stereocenters. The van der Waals surface area contributed by atoms with E-state index in [1.165, 1.54) is 24.2 Å². The Morgan fingerprint density at radius 3 is 2.47 bits per heavy atom. The SMILES string of the molecule is NCCCC(O)C1(Sc2ccccc2)CCCCC1. The number of thioether (sulfide) groups is 1. The average molecular weight is 279 g/mol. The van der Waals surface area contributed by atoms with Crippen molar-refractivity contribution < 1.29 is 5.11 Å². The van der Waals surface area contributed by atoms with E-state index in [9.17, 15) is 5.11 Å². The maximum atomic E-state index is 10.6. The summed E-state index contributed by atoms with van der Waals surface area (Å²) in [4.78, 5) is 1.27. The lowest BCUT2D eigenvalue weighted by molar-refractivity contribution is 0.0970. The van der Waals surface area contributed by atoms with Gasteiger partial charge in [-0.1, -0.05) is 37.5 Å². The van der Waals surface area contributed by atoms with Crippen LogP contribution in [0.2, 0.25) is 0 Å². The molecule has 0 radical (unpaired) electrons. The third-order valence-electron chi connectivity index (χ3n) is 4.05. The van der Waals surface area contributed by atoms with Crippen LogP contribution in [0.1, 0.15) is 44.9 Å². The van der Waals surface area contributed by atoms with Gasteiger partial charge in [0.25, 0.3) is 0 Å². The van der Waals surface area contributed by atoms with E-state index in [0.717, 1.165) is 25.7 Å². The molecule has 3 N–H and O–H groups in total. The smallest absolute Gasteiger partial charge is 0.0690 e. The third kappa shape index (κ3) is 3.98. The second-order valence-corrected chi connectivity index (χ2v) is 6.98. The first-order valence-electron chi connectivity index (χ1n) is 7.39. The zero-order valence-electron chi connectivity index (χ0n) is 11.6. The number of hydrogen-bond donors (Lipinski definition) is 2. The number of benzene rings is 1. The van der Waals surface area contributed by atoms with Gasteiger partial charge in [0, 0.05) is 9.64 Å². The minimum atomic E-state index is -0.235. The average Bonchev–Trinajstić information content (AvgIpc) is 2.46. The molecule has 1 saturated carbocycles. The second-order valence-electron chi connectivity index (χ2n) is 5.49. The number of rotatable bonds is 6. The molecule has 1 aliphatic rings. The van der Waals surface area contributed by atoms with Gasteiger partial charge in [0.2, 0.25) is 0 Å². The molecular formula is C16H25NOS. The molecule has 1 aliphatic carbocycles. The number of aliphatic hydroxyl groups excluding tert-OH is 1. The Hall–Kier alpha value is -0.510. The van der Waals surface area contributed by atoms with Crippen LogP contribution in [0.4, 0.5) is 0 Å². The van der Waals surface area contributed by atoms with Crippen LogP contribution in [-0.4, -0.2) is 22.5 Å². The van der Waals surface area contributed by atoms with Gasteiger partial charge in [-0.25, -0.2) is 0 Å². The van der Waals surface area contributed by atoms with Crippen LogP contribution in [0.25, 0.3) is 0 Å². The number of hydrogen-bond acceptors (Lipinski definition) is 3. The molecule has 0 aliphatic heterocycles. The normalized spacial score (nSPS) is 20.1. The first kappa shape index (κ1) is 14.9. The lowest BCUT2D eigenvalue weighted by atomic mass is 9.82. The minimum Gasteiger partial charge on any atom is -0.392 e. The summed E-state index contributed by atoms with van der Waals surface area (Å²) in [5.41, 5.74) is 5.58. The molecule has 0 heterocycles. The van der Waals surface area contributed by atoms with E-state index in [0.29, 0.717) is 6.54 Å². The van der Waals surface area contributed by atoms with E-state index in [4.69, 9.17) is 5.73 Å². The summed E-state index contributed by atoms with van der Waals surface area (Å²) in [6.45, 7) is 0.670. The zero-order valence-corrected chi connectivity index (χ0v) is 12.4. The van der Waals surface area contributed by atoms with Crippen molar-refractivity contribution in [2.45, 2.75) is 60.7 Å². The van der Waals surface area contributed by atoms with Crippen LogP contribution in [0.5, 0.6) is 0 Å². The maximum Gasteiger partial charge on any atom is 0.0690 e. The fourth-order valence-corrected chi connectivity index (χ4v) is 4.46. The van der Waals surface area contributed by atoms with Crippen molar-refractivity contribution in [2.75, 3.05) is 6.54 Å². The molecule has 0 amide bonds. The molecule has 1 aromatic rings. The van der Waals surface area contributed by atoms with Crippen LogP contribution in [0.15, 0.2) is 35.2 Å². The molecule has 2 nitrogen and oxygen atoms in total. The fourth-order valence-electron chi connectivity index (χ4n) is 2.95. The predicted molar refractivity (Wildman–Crippen MR) is 82.4 cm³/mol. The van der Waals surface area contributed by atoms with Crippen molar-refractivity contribution in [1.82, 2.24) is 0 Å². The van der Waals surface area contributed by atoms with Crippen LogP contribution >= 0.6 is 11.8 Å². The second kappa shape index (κ2) is 7.32. The summed E-state index contributed by atoms with van der Waals surface area (Å²) >= 11 is 1.88. The van der Waals surface area contributed by atoms with Crippen LogP contribution < -0.4 is 5.73 Å². The predicted octanol–water partition coefficient (Wildman–Crippen LogP) is 3.58. The first-order valence-corrected chi connectivity index (χ1v) is 8.21. The van der Waals surface area contributed by atoms with Gasteiger partial charge in [-0.15, -0.1) is 11.8 Å². The highest BCUT2D eigenvalue weighted by Crippen LogP contribution is 2.47. The molecule has 3 heteroatoms. The molecule has 1 aromatic carbocycles. The number of aliphatic hydroxyl groups is 1. The van der Waals surface area contributed by atoms with Crippen LogP contribution in [-0.2, 0) is 0 Å². The van der Waals surface area contributed by atoms with Gasteiger partial charge in [0.1, 0.15) is 0 Å². The summed E-state index contributed by atoms with van der Waals surface area (Å²) in [5, 5.41) is 10.6. The van der Waals surface area contributed by atoms with Crippen molar-refractivity contribution in [3.8, 4) is 0 Å². The summed E-state index contributed by atoms with van der Waals surface area (Å²) in [5.74, 6) is 0. The summed E-state index contributed by atoms with van der Waals surface area (Å²) in [7, 11) is 0. The van der Waals surface area contributed by atoms with E-state index in [1.54, 1.807) is 0 Å². The molecule has 106 valence electrons. The lowest BCUT2D eigenvalue weighted by Crippen LogP contribution is -2.41. The van der Waals surface area contributed by atoms with Crippen LogP contribution in [0.3, 0.4) is 0 Å². The van der Waals surface area contributed by atoms with E-state index < -0.39 is 0 Å². The topological polar surface area (TPSA) is 46.2 Å². The molecule has 0 bridgehead atoms.